The van der Waals surface area contributed by atoms with Crippen LogP contribution in [-0.2, 0) is 4.79 Å². The molecule has 4 nitrogen and oxygen atoms in total. The summed E-state index contributed by atoms with van der Waals surface area (Å²) in [5, 5.41) is 0. The molecule has 0 bridgehead atoms. The third-order valence-electron chi connectivity index (χ3n) is 4.10. The average molecular weight is 347 g/mol. The molecule has 24 heavy (non-hydrogen) atoms. The van der Waals surface area contributed by atoms with Crippen molar-refractivity contribution in [2.24, 2.45) is 5.73 Å². The van der Waals surface area contributed by atoms with E-state index in [1.807, 2.05) is 62.4 Å². The molecule has 1 aliphatic rings. The lowest BCUT2D eigenvalue weighted by Crippen LogP contribution is -2.43. The normalized spacial score (nSPS) is 17.3. The van der Waals surface area contributed by atoms with Crippen LogP contribution in [0.25, 0.3) is 0 Å². The van der Waals surface area contributed by atoms with E-state index in [1.165, 1.54) is 0 Å². The van der Waals surface area contributed by atoms with Gasteiger partial charge in [-0.2, -0.15) is 0 Å². The molecule has 0 saturated heterocycles. The molecule has 1 aliphatic heterocycles. The molecule has 128 valence electrons. The smallest absolute Gasteiger partial charge is 0.229 e. The number of amides is 1. The average Bonchev–Trinajstić information content (AvgIpc) is 2.54. The molecule has 2 N–H and O–H groups in total. The molecule has 0 aliphatic carbocycles. The van der Waals surface area contributed by atoms with E-state index in [-0.39, 0.29) is 36.9 Å². The van der Waals surface area contributed by atoms with Crippen LogP contribution in [0.4, 0.5) is 5.69 Å². The molecular formula is C19H23ClN2O2. The quantitative estimate of drug-likeness (QED) is 0.923. The minimum Gasteiger partial charge on any atom is -0.487 e. The molecule has 2 aromatic rings. The summed E-state index contributed by atoms with van der Waals surface area (Å²) in [4.78, 5) is 14.6. The Kier molecular flexibility index (Phi) is 5.86. The number of rotatable bonds is 3. The number of hydrogen-bond donors (Lipinski definition) is 1. The monoisotopic (exact) mass is 346 g/mol. The van der Waals surface area contributed by atoms with Crippen molar-refractivity contribution in [2.45, 2.75) is 32.4 Å². The first-order chi connectivity index (χ1) is 11.0. The van der Waals surface area contributed by atoms with Crippen molar-refractivity contribution in [3.63, 3.8) is 0 Å². The van der Waals surface area contributed by atoms with E-state index >= 15 is 0 Å². The van der Waals surface area contributed by atoms with Crippen LogP contribution in [0.5, 0.6) is 5.75 Å². The maximum atomic E-state index is 12.8. The number of aryl methyl sites for hydroxylation is 1. The van der Waals surface area contributed by atoms with Gasteiger partial charge in [0, 0.05) is 12.5 Å². The maximum Gasteiger partial charge on any atom is 0.229 e. The van der Waals surface area contributed by atoms with E-state index in [4.69, 9.17) is 10.5 Å². The van der Waals surface area contributed by atoms with Gasteiger partial charge in [0.15, 0.2) is 0 Å². The summed E-state index contributed by atoms with van der Waals surface area (Å²) in [6, 6.07) is 15.4. The Bertz CT molecular complexity index is 706. The Morgan fingerprint density at radius 3 is 2.71 bits per heavy atom. The summed E-state index contributed by atoms with van der Waals surface area (Å²) in [6.07, 6.45) is 0.255. The SMILES string of the molecule is Cc1ccc2c(c1)OC(C)CN2C(=O)CC(N)c1ccccc1.Cl. The van der Waals surface area contributed by atoms with Gasteiger partial charge in [-0.3, -0.25) is 4.79 Å². The Balaban J connectivity index is 0.00000208. The van der Waals surface area contributed by atoms with Crippen LogP contribution in [0.1, 0.15) is 30.5 Å². The topological polar surface area (TPSA) is 55.6 Å². The molecule has 2 aromatic carbocycles. The fraction of sp³-hybridized carbons (Fsp3) is 0.316. The van der Waals surface area contributed by atoms with Crippen LogP contribution >= 0.6 is 12.4 Å². The molecule has 3 rings (SSSR count). The Morgan fingerprint density at radius 1 is 1.29 bits per heavy atom. The first kappa shape index (κ1) is 18.3. The molecule has 0 saturated carbocycles. The van der Waals surface area contributed by atoms with Crippen LogP contribution in [0.2, 0.25) is 0 Å². The van der Waals surface area contributed by atoms with E-state index in [1.54, 1.807) is 4.90 Å². The number of nitrogens with two attached hydrogens (primary N) is 1. The van der Waals surface area contributed by atoms with Crippen LogP contribution in [0.3, 0.4) is 0 Å². The number of nitrogens with zero attached hydrogens (tertiary/aromatic N) is 1. The lowest BCUT2D eigenvalue weighted by atomic mass is 10.0. The van der Waals surface area contributed by atoms with Crippen molar-refractivity contribution in [3.8, 4) is 5.75 Å². The number of ether oxygens (including phenoxy) is 1. The van der Waals surface area contributed by atoms with Gasteiger partial charge in [-0.1, -0.05) is 36.4 Å². The van der Waals surface area contributed by atoms with E-state index in [2.05, 4.69) is 0 Å². The van der Waals surface area contributed by atoms with Gasteiger partial charge >= 0.3 is 0 Å². The minimum absolute atomic E-state index is 0. The number of carbonyl (C=O) groups is 1. The van der Waals surface area contributed by atoms with Crippen LogP contribution in [0, 0.1) is 6.92 Å². The predicted molar refractivity (Wildman–Crippen MR) is 98.9 cm³/mol. The van der Waals surface area contributed by atoms with E-state index in [9.17, 15) is 4.79 Å². The predicted octanol–water partition coefficient (Wildman–Crippen LogP) is 3.62. The van der Waals surface area contributed by atoms with Crippen LogP contribution < -0.4 is 15.4 Å². The standard InChI is InChI=1S/C19H22N2O2.ClH/c1-13-8-9-17-18(10-13)23-14(2)12-21(17)19(22)11-16(20)15-6-4-3-5-7-15;/h3-10,14,16H,11-12,20H2,1-2H3;1H. The molecule has 5 heteroatoms. The zero-order valence-electron chi connectivity index (χ0n) is 13.9. The van der Waals surface area contributed by atoms with E-state index in [0.29, 0.717) is 6.54 Å². The summed E-state index contributed by atoms with van der Waals surface area (Å²) in [5.41, 5.74) is 9.13. The van der Waals surface area contributed by atoms with Gasteiger partial charge in [-0.05, 0) is 37.1 Å². The van der Waals surface area contributed by atoms with Crippen molar-refractivity contribution in [1.29, 1.82) is 0 Å². The third kappa shape index (κ3) is 3.89. The molecular weight excluding hydrogens is 324 g/mol. The zero-order chi connectivity index (χ0) is 16.4. The van der Waals surface area contributed by atoms with Crippen molar-refractivity contribution in [2.75, 3.05) is 11.4 Å². The Labute approximate surface area is 149 Å². The second-order valence-corrected chi connectivity index (χ2v) is 6.13. The van der Waals surface area contributed by atoms with Gasteiger partial charge in [-0.25, -0.2) is 0 Å². The minimum atomic E-state index is -0.296. The number of hydrogen-bond acceptors (Lipinski definition) is 3. The van der Waals surface area contributed by atoms with Crippen molar-refractivity contribution < 1.29 is 9.53 Å². The summed E-state index contributed by atoms with van der Waals surface area (Å²) in [5.74, 6) is 0.798. The first-order valence-corrected chi connectivity index (χ1v) is 7.93. The third-order valence-corrected chi connectivity index (χ3v) is 4.10. The van der Waals surface area contributed by atoms with E-state index < -0.39 is 0 Å². The van der Waals surface area contributed by atoms with Gasteiger partial charge in [0.1, 0.15) is 11.9 Å². The van der Waals surface area contributed by atoms with Crippen molar-refractivity contribution in [1.82, 2.24) is 0 Å². The summed E-state index contributed by atoms with van der Waals surface area (Å²) < 4.78 is 5.86. The van der Waals surface area contributed by atoms with Gasteiger partial charge in [0.2, 0.25) is 5.91 Å². The number of fused-ring (bicyclic) bond motifs is 1. The zero-order valence-corrected chi connectivity index (χ0v) is 14.8. The Morgan fingerprint density at radius 2 is 2.00 bits per heavy atom. The number of benzene rings is 2. The molecule has 2 unspecified atom stereocenters. The first-order valence-electron chi connectivity index (χ1n) is 7.93. The fourth-order valence-electron chi connectivity index (χ4n) is 2.90. The molecule has 0 spiro atoms. The Hall–Kier alpha value is -2.04. The summed E-state index contributed by atoms with van der Waals surface area (Å²) in [6.45, 7) is 4.54. The number of halogens is 1. The highest BCUT2D eigenvalue weighted by molar-refractivity contribution is 5.95. The van der Waals surface area contributed by atoms with Crippen molar-refractivity contribution in [3.05, 3.63) is 59.7 Å². The van der Waals surface area contributed by atoms with Gasteiger partial charge in [0.25, 0.3) is 0 Å². The molecule has 0 fully saturated rings. The van der Waals surface area contributed by atoms with Crippen molar-refractivity contribution >= 4 is 24.0 Å². The molecule has 1 amide bonds. The summed E-state index contributed by atoms with van der Waals surface area (Å²) in [7, 11) is 0. The number of anilines is 1. The lowest BCUT2D eigenvalue weighted by molar-refractivity contribution is -0.119. The van der Waals surface area contributed by atoms with Crippen LogP contribution in [0.15, 0.2) is 48.5 Å². The van der Waals surface area contributed by atoms with E-state index in [0.717, 1.165) is 22.6 Å². The summed E-state index contributed by atoms with van der Waals surface area (Å²) >= 11 is 0. The van der Waals surface area contributed by atoms with Gasteiger partial charge in [0.05, 0.1) is 12.2 Å². The number of carbonyl (C=O) groups excluding carboxylic acids is 1. The molecule has 0 radical (unpaired) electrons. The molecule has 2 atom stereocenters. The fourth-order valence-corrected chi connectivity index (χ4v) is 2.90. The molecule has 1 heterocycles. The highest BCUT2D eigenvalue weighted by Gasteiger charge is 2.28. The maximum absolute atomic E-state index is 12.8. The largest absolute Gasteiger partial charge is 0.487 e. The van der Waals surface area contributed by atoms with Gasteiger partial charge < -0.3 is 15.4 Å². The second kappa shape index (κ2) is 7.69. The van der Waals surface area contributed by atoms with Crippen LogP contribution in [-0.4, -0.2) is 18.6 Å². The second-order valence-electron chi connectivity index (χ2n) is 6.13. The highest BCUT2D eigenvalue weighted by Crippen LogP contribution is 2.35. The lowest BCUT2D eigenvalue weighted by Gasteiger charge is -2.34. The molecule has 0 aromatic heterocycles. The highest BCUT2D eigenvalue weighted by atomic mass is 35.5. The van der Waals surface area contributed by atoms with Gasteiger partial charge in [-0.15, -0.1) is 12.4 Å².